The number of nitrogens with zero attached hydrogens (tertiary/aromatic N) is 4. The van der Waals surface area contributed by atoms with Crippen molar-refractivity contribution in [1.82, 2.24) is 19.6 Å². The first-order valence-corrected chi connectivity index (χ1v) is 24.1. The van der Waals surface area contributed by atoms with Gasteiger partial charge < -0.3 is 30.0 Å². The number of H-pyrrole nitrogens is 1. The summed E-state index contributed by atoms with van der Waals surface area (Å²) in [4.78, 5) is 41.4. The molecule has 10 rings (SSSR count). The number of aromatic amines is 1. The number of hydrogen-bond acceptors (Lipinski definition) is 10. The number of hydrogen-bond donors (Lipinski definition) is 3. The van der Waals surface area contributed by atoms with E-state index in [4.69, 9.17) is 15.2 Å². The van der Waals surface area contributed by atoms with E-state index in [1.165, 1.54) is 55.5 Å². The summed E-state index contributed by atoms with van der Waals surface area (Å²) < 4.78 is 42.0. The van der Waals surface area contributed by atoms with Crippen LogP contribution in [0.2, 0.25) is 0 Å². The number of amides is 2. The third-order valence-corrected chi connectivity index (χ3v) is 15.8. The zero-order valence-electron chi connectivity index (χ0n) is 36.1. The van der Waals surface area contributed by atoms with E-state index in [9.17, 15) is 18.0 Å². The van der Waals surface area contributed by atoms with Crippen LogP contribution in [0.1, 0.15) is 104 Å². The molecule has 6 heterocycles. The third-order valence-electron chi connectivity index (χ3n) is 14.5. The fraction of sp³-hybridized carbons (Fsp3) is 0.449. The number of piperidine rings is 1. The van der Waals surface area contributed by atoms with Crippen molar-refractivity contribution in [2.24, 2.45) is 11.3 Å². The topological polar surface area (TPSA) is 163 Å². The van der Waals surface area contributed by atoms with E-state index in [1.54, 1.807) is 23.4 Å². The number of sulfonamides is 1. The minimum atomic E-state index is -4.41. The minimum absolute atomic E-state index is 0.0314. The number of nitrogen functional groups attached to an aromatic ring is 1. The lowest BCUT2D eigenvalue weighted by Gasteiger charge is -2.56. The minimum Gasteiger partial charge on any atom is -0.455 e. The van der Waals surface area contributed by atoms with Crippen molar-refractivity contribution >= 4 is 49.9 Å². The Morgan fingerprint density at radius 1 is 1.02 bits per heavy atom. The summed E-state index contributed by atoms with van der Waals surface area (Å²) in [6.45, 7) is 9.30. The van der Waals surface area contributed by atoms with Crippen LogP contribution in [-0.2, 0) is 26.0 Å². The Morgan fingerprint density at radius 2 is 1.81 bits per heavy atom. The molecule has 2 amide bonds. The second kappa shape index (κ2) is 16.6. The molecule has 5 aliphatic rings. The van der Waals surface area contributed by atoms with Crippen LogP contribution in [0.4, 0.5) is 17.1 Å². The number of nitrogens with two attached hydrogens (primary N) is 1. The van der Waals surface area contributed by atoms with Crippen LogP contribution < -0.4 is 25.0 Å². The first-order valence-electron chi connectivity index (χ1n) is 22.7. The molecule has 1 spiro atoms. The molecule has 4 fully saturated rings. The van der Waals surface area contributed by atoms with Gasteiger partial charge in [-0.2, -0.15) is 0 Å². The van der Waals surface area contributed by atoms with Crippen molar-refractivity contribution < 1.29 is 27.5 Å². The number of carbonyl (C=O) groups excluding carboxylic acids is 2. The summed E-state index contributed by atoms with van der Waals surface area (Å²) in [6, 6.07) is 22.0. The van der Waals surface area contributed by atoms with Gasteiger partial charge in [0.25, 0.3) is 15.9 Å². The number of aromatic nitrogens is 2. The molecule has 1 saturated carbocycles. The summed E-state index contributed by atoms with van der Waals surface area (Å²) in [5.41, 5.74) is 12.7. The predicted octanol–water partition coefficient (Wildman–Crippen LogP) is 8.08. The Morgan fingerprint density at radius 3 is 2.60 bits per heavy atom. The number of carbonyl (C=O) groups is 2. The van der Waals surface area contributed by atoms with Crippen LogP contribution in [0.3, 0.4) is 0 Å². The molecule has 3 aromatic carbocycles. The Kier molecular flexibility index (Phi) is 11.0. The molecule has 4 aliphatic heterocycles. The van der Waals surface area contributed by atoms with Gasteiger partial charge >= 0.3 is 0 Å². The number of rotatable bonds is 11. The van der Waals surface area contributed by atoms with Gasteiger partial charge in [-0.15, -0.1) is 0 Å². The first-order chi connectivity index (χ1) is 30.4. The van der Waals surface area contributed by atoms with Crippen LogP contribution in [0, 0.1) is 11.3 Å². The molecule has 0 radical (unpaired) electrons. The van der Waals surface area contributed by atoms with E-state index >= 15 is 0 Å². The molecular formula is C49H57N7O6S. The lowest BCUT2D eigenvalue weighted by molar-refractivity contribution is -0.117. The van der Waals surface area contributed by atoms with Crippen LogP contribution in [0.5, 0.6) is 11.5 Å². The van der Waals surface area contributed by atoms with Gasteiger partial charge in [-0.25, -0.2) is 18.1 Å². The Hall–Kier alpha value is -5.44. The normalized spacial score (nSPS) is 20.7. The van der Waals surface area contributed by atoms with Gasteiger partial charge in [0.2, 0.25) is 5.91 Å². The highest BCUT2D eigenvalue weighted by atomic mass is 32.2. The van der Waals surface area contributed by atoms with Crippen LogP contribution >= 0.6 is 0 Å². The maximum atomic E-state index is 14.1. The second-order valence-corrected chi connectivity index (χ2v) is 20.5. The number of pyridine rings is 1. The Bertz CT molecular complexity index is 2660. The maximum Gasteiger partial charge on any atom is 0.268 e. The monoisotopic (exact) mass is 871 g/mol. The van der Waals surface area contributed by atoms with Crippen molar-refractivity contribution in [3.8, 4) is 11.5 Å². The van der Waals surface area contributed by atoms with Crippen LogP contribution in [0.25, 0.3) is 11.0 Å². The van der Waals surface area contributed by atoms with E-state index < -0.39 is 15.9 Å². The zero-order valence-corrected chi connectivity index (χ0v) is 37.0. The van der Waals surface area contributed by atoms with Gasteiger partial charge in [-0.3, -0.25) is 14.5 Å². The SMILES string of the molecule is CC(C)c1ccccc1[C@@H]1CCCN1C1CC2(CCN(c3ccc(C(=O)NS(=O)(=O)c4cc(N)c5c(c4)CC(=O)N5CC4CCOCC4)c(Oc4cnc5[nH]ccc5c4)c3)CC2)C1. The van der Waals surface area contributed by atoms with Crippen molar-refractivity contribution in [2.45, 2.75) is 94.5 Å². The van der Waals surface area contributed by atoms with Crippen molar-refractivity contribution in [3.63, 3.8) is 0 Å². The molecular weight excluding hydrogens is 815 g/mol. The quantitative estimate of drug-likeness (QED) is 0.111. The van der Waals surface area contributed by atoms with Gasteiger partial charge in [-0.1, -0.05) is 38.1 Å². The summed E-state index contributed by atoms with van der Waals surface area (Å²) >= 11 is 0. The Balaban J connectivity index is 0.852. The third kappa shape index (κ3) is 8.06. The Labute approximate surface area is 369 Å². The summed E-state index contributed by atoms with van der Waals surface area (Å²) in [5.74, 6) is 0.422. The smallest absolute Gasteiger partial charge is 0.268 e. The molecule has 0 bridgehead atoms. The predicted molar refractivity (Wildman–Crippen MR) is 244 cm³/mol. The highest BCUT2D eigenvalue weighted by Gasteiger charge is 2.50. The van der Waals surface area contributed by atoms with E-state index in [-0.39, 0.29) is 40.1 Å². The fourth-order valence-corrected chi connectivity index (χ4v) is 12.2. The molecule has 63 heavy (non-hydrogen) atoms. The molecule has 5 aromatic rings. The summed E-state index contributed by atoms with van der Waals surface area (Å²) in [5, 5.41) is 0.834. The van der Waals surface area contributed by atoms with E-state index in [2.05, 4.69) is 62.6 Å². The van der Waals surface area contributed by atoms with Gasteiger partial charge in [0.05, 0.1) is 34.5 Å². The zero-order chi connectivity index (χ0) is 43.5. The first kappa shape index (κ1) is 41.6. The molecule has 1 aliphatic carbocycles. The largest absolute Gasteiger partial charge is 0.455 e. The van der Waals surface area contributed by atoms with Gasteiger partial charge in [0.1, 0.15) is 17.1 Å². The second-order valence-electron chi connectivity index (χ2n) is 18.8. The number of fused-ring (bicyclic) bond motifs is 2. The van der Waals surface area contributed by atoms with E-state index in [1.807, 2.05) is 24.3 Å². The van der Waals surface area contributed by atoms with Gasteiger partial charge in [-0.05, 0) is 128 Å². The van der Waals surface area contributed by atoms with E-state index in [0.717, 1.165) is 49.8 Å². The lowest BCUT2D eigenvalue weighted by Crippen LogP contribution is -2.54. The van der Waals surface area contributed by atoms with Crippen molar-refractivity contribution in [1.29, 1.82) is 0 Å². The molecule has 0 unspecified atom stereocenters. The number of anilines is 3. The lowest BCUT2D eigenvalue weighted by atomic mass is 9.59. The number of nitrogens with one attached hydrogen (secondary N) is 2. The number of ether oxygens (including phenoxy) is 2. The molecule has 2 aromatic heterocycles. The maximum absolute atomic E-state index is 14.1. The molecule has 3 saturated heterocycles. The summed E-state index contributed by atoms with van der Waals surface area (Å²) in [6.07, 6.45) is 12.2. The van der Waals surface area contributed by atoms with Crippen LogP contribution in [0.15, 0.2) is 84.0 Å². The average Bonchev–Trinajstić information content (AvgIpc) is 4.02. The van der Waals surface area contributed by atoms with E-state index in [0.29, 0.717) is 65.8 Å². The molecule has 330 valence electrons. The van der Waals surface area contributed by atoms with Crippen molar-refractivity contribution in [2.75, 3.05) is 54.9 Å². The highest BCUT2D eigenvalue weighted by Crippen LogP contribution is 2.54. The van der Waals surface area contributed by atoms with Crippen LogP contribution in [-0.4, -0.2) is 80.5 Å². The molecule has 1 atom stereocenters. The fourth-order valence-electron chi connectivity index (χ4n) is 11.1. The standard InChI is InChI=1S/C49H57N7O6S/c1-31(2)39-6-3-4-7-40(39)43-8-5-17-55(43)36-27-49(28-36)14-18-54(19-15-49)35-9-10-41(44(25-35)62-37-22-33-11-16-51-47(33)52-29-37)48(58)53-63(59,60)38-23-34-24-45(57)56(46(34)42(50)26-38)30-32-12-20-61-21-13-32/h3-4,6-7,9-11,16,22-23,25-26,29,31-32,36,43H,5,8,12-15,17-21,24,27-28,30,50H2,1-2H3,(H,51,52)(H,53,58)/t43-/m0/s1. The number of likely N-dealkylation sites (tertiary alicyclic amines) is 1. The molecule has 4 N–H and O–H groups in total. The number of benzene rings is 3. The molecule has 14 heteroatoms. The molecule has 13 nitrogen and oxygen atoms in total. The average molecular weight is 872 g/mol. The van der Waals surface area contributed by atoms with Crippen molar-refractivity contribution in [3.05, 3.63) is 101 Å². The van der Waals surface area contributed by atoms with Gasteiger partial charge in [0, 0.05) is 68.3 Å². The highest BCUT2D eigenvalue weighted by molar-refractivity contribution is 7.90. The summed E-state index contributed by atoms with van der Waals surface area (Å²) in [7, 11) is -4.41. The van der Waals surface area contributed by atoms with Gasteiger partial charge in [0.15, 0.2) is 0 Å².